The van der Waals surface area contributed by atoms with Crippen LogP contribution in [-0.2, 0) is 26.1 Å². The number of hydrogen-bond acceptors (Lipinski definition) is 5. The molecule has 1 aromatic carbocycles. The molecule has 0 aromatic heterocycles. The van der Waals surface area contributed by atoms with E-state index in [-0.39, 0.29) is 35.7 Å². The second-order valence-corrected chi connectivity index (χ2v) is 7.56. The van der Waals surface area contributed by atoms with Crippen LogP contribution >= 0.6 is 12.4 Å². The first-order valence-corrected chi connectivity index (χ1v) is 9.02. The van der Waals surface area contributed by atoms with Gasteiger partial charge in [0.05, 0.1) is 18.1 Å². The molecule has 7 nitrogen and oxygen atoms in total. The van der Waals surface area contributed by atoms with Crippen LogP contribution in [0.15, 0.2) is 29.2 Å². The van der Waals surface area contributed by atoms with Crippen LogP contribution in [0.25, 0.3) is 0 Å². The lowest BCUT2D eigenvalue weighted by atomic mass is 10.2. The molecule has 1 amide bonds. The number of nitrogens with two attached hydrogens (primary N) is 1. The van der Waals surface area contributed by atoms with Crippen LogP contribution in [0.2, 0.25) is 0 Å². The average Bonchev–Trinajstić information content (AvgIpc) is 2.53. The molecular formula is C15H24ClN3O4S. The first-order valence-electron chi connectivity index (χ1n) is 7.58. The number of carbonyl (C=O) groups excluding carboxylic acids is 1. The van der Waals surface area contributed by atoms with Gasteiger partial charge in [0.15, 0.2) is 0 Å². The highest BCUT2D eigenvalue weighted by Crippen LogP contribution is 2.17. The Balaban J connectivity index is 0.00000288. The lowest BCUT2D eigenvalue weighted by Gasteiger charge is -2.26. The number of carbonyl (C=O) groups is 1. The van der Waals surface area contributed by atoms with Gasteiger partial charge in [-0.1, -0.05) is 12.1 Å². The van der Waals surface area contributed by atoms with Gasteiger partial charge in [0.2, 0.25) is 15.9 Å². The number of benzene rings is 1. The van der Waals surface area contributed by atoms with Gasteiger partial charge >= 0.3 is 0 Å². The summed E-state index contributed by atoms with van der Waals surface area (Å²) in [5, 5.41) is 2.76. The lowest BCUT2D eigenvalue weighted by molar-refractivity contribution is -0.121. The van der Waals surface area contributed by atoms with Gasteiger partial charge in [0.1, 0.15) is 0 Å². The van der Waals surface area contributed by atoms with Crippen LogP contribution in [0.1, 0.15) is 18.9 Å². The minimum absolute atomic E-state index is 0. The number of ether oxygens (including phenoxy) is 1. The van der Waals surface area contributed by atoms with Gasteiger partial charge in [-0.25, -0.2) is 8.42 Å². The van der Waals surface area contributed by atoms with Crippen molar-refractivity contribution in [3.63, 3.8) is 0 Å². The van der Waals surface area contributed by atoms with Gasteiger partial charge in [0, 0.05) is 32.1 Å². The molecule has 0 bridgehead atoms. The van der Waals surface area contributed by atoms with E-state index in [2.05, 4.69) is 5.32 Å². The summed E-state index contributed by atoms with van der Waals surface area (Å²) in [6, 6.07) is 6.37. The molecule has 1 saturated heterocycles. The lowest BCUT2D eigenvalue weighted by Crippen LogP contribution is -2.40. The predicted molar refractivity (Wildman–Crippen MR) is 93.4 cm³/mol. The third kappa shape index (κ3) is 5.71. The molecule has 1 aliphatic heterocycles. The molecule has 1 atom stereocenters. The van der Waals surface area contributed by atoms with Crippen molar-refractivity contribution >= 4 is 28.3 Å². The Bertz CT molecular complexity index is 629. The molecular weight excluding hydrogens is 354 g/mol. The van der Waals surface area contributed by atoms with Crippen molar-refractivity contribution in [1.29, 1.82) is 0 Å². The first kappa shape index (κ1) is 20.9. The molecule has 136 valence electrons. The zero-order chi connectivity index (χ0) is 16.9. The summed E-state index contributed by atoms with van der Waals surface area (Å²) < 4.78 is 31.5. The van der Waals surface area contributed by atoms with Crippen LogP contribution in [0, 0.1) is 0 Å². The number of amides is 1. The Morgan fingerprint density at radius 3 is 2.42 bits per heavy atom. The second-order valence-electron chi connectivity index (χ2n) is 5.62. The summed E-state index contributed by atoms with van der Waals surface area (Å²) in [6.45, 7) is 3.70. The molecule has 1 aromatic rings. The van der Waals surface area contributed by atoms with Crippen molar-refractivity contribution in [2.75, 3.05) is 26.3 Å². The Morgan fingerprint density at radius 2 is 1.88 bits per heavy atom. The van der Waals surface area contributed by atoms with E-state index in [0.717, 1.165) is 5.56 Å². The molecule has 3 N–H and O–H groups in total. The maximum absolute atomic E-state index is 12.5. The quantitative estimate of drug-likeness (QED) is 0.750. The SMILES string of the molecule is CC(N)CC(=O)NCc1ccc(S(=O)(=O)N2CCOCC2)cc1.Cl. The van der Waals surface area contributed by atoms with Crippen molar-refractivity contribution in [1.82, 2.24) is 9.62 Å². The Morgan fingerprint density at radius 1 is 1.29 bits per heavy atom. The van der Waals surface area contributed by atoms with Crippen molar-refractivity contribution in [2.24, 2.45) is 5.73 Å². The normalized spacial score (nSPS) is 16.9. The molecule has 0 saturated carbocycles. The molecule has 0 spiro atoms. The fourth-order valence-electron chi connectivity index (χ4n) is 2.28. The summed E-state index contributed by atoms with van der Waals surface area (Å²) >= 11 is 0. The van der Waals surface area contributed by atoms with Crippen LogP contribution in [0.3, 0.4) is 0 Å². The van der Waals surface area contributed by atoms with Crippen molar-refractivity contribution in [3.8, 4) is 0 Å². The first-order chi connectivity index (χ1) is 10.9. The van der Waals surface area contributed by atoms with E-state index in [0.29, 0.717) is 32.8 Å². The maximum atomic E-state index is 12.5. The van der Waals surface area contributed by atoms with Gasteiger partial charge in [-0.05, 0) is 24.6 Å². The number of halogens is 1. The van der Waals surface area contributed by atoms with E-state index in [4.69, 9.17) is 10.5 Å². The van der Waals surface area contributed by atoms with Crippen LogP contribution < -0.4 is 11.1 Å². The van der Waals surface area contributed by atoms with Gasteiger partial charge in [-0.2, -0.15) is 4.31 Å². The van der Waals surface area contributed by atoms with Crippen LogP contribution in [0.4, 0.5) is 0 Å². The summed E-state index contributed by atoms with van der Waals surface area (Å²) in [4.78, 5) is 11.8. The zero-order valence-electron chi connectivity index (χ0n) is 13.6. The van der Waals surface area contributed by atoms with Gasteiger partial charge in [0.25, 0.3) is 0 Å². The highest BCUT2D eigenvalue weighted by molar-refractivity contribution is 7.89. The maximum Gasteiger partial charge on any atom is 0.243 e. The smallest absolute Gasteiger partial charge is 0.243 e. The molecule has 1 fully saturated rings. The number of morpholine rings is 1. The topological polar surface area (TPSA) is 102 Å². The van der Waals surface area contributed by atoms with Crippen molar-refractivity contribution in [3.05, 3.63) is 29.8 Å². The number of rotatable bonds is 6. The fraction of sp³-hybridized carbons (Fsp3) is 0.533. The zero-order valence-corrected chi connectivity index (χ0v) is 15.2. The summed E-state index contributed by atoms with van der Waals surface area (Å²) in [7, 11) is -3.48. The third-order valence-electron chi connectivity index (χ3n) is 3.53. The minimum Gasteiger partial charge on any atom is -0.379 e. The number of nitrogens with one attached hydrogen (secondary N) is 1. The summed E-state index contributed by atoms with van der Waals surface area (Å²) in [6.07, 6.45) is 0.267. The number of hydrogen-bond donors (Lipinski definition) is 2. The minimum atomic E-state index is -3.48. The monoisotopic (exact) mass is 377 g/mol. The van der Waals surface area contributed by atoms with E-state index in [1.807, 2.05) is 0 Å². The highest BCUT2D eigenvalue weighted by Gasteiger charge is 2.25. The fourth-order valence-corrected chi connectivity index (χ4v) is 3.69. The van der Waals surface area contributed by atoms with E-state index in [9.17, 15) is 13.2 Å². The molecule has 0 aliphatic carbocycles. The molecule has 24 heavy (non-hydrogen) atoms. The average molecular weight is 378 g/mol. The standard InChI is InChI=1S/C15H23N3O4S.ClH/c1-12(16)10-15(19)17-11-13-2-4-14(5-3-13)23(20,21)18-6-8-22-9-7-18;/h2-5,12H,6-11,16H2,1H3,(H,17,19);1H. The van der Waals surface area contributed by atoms with E-state index >= 15 is 0 Å². The summed E-state index contributed by atoms with van der Waals surface area (Å²) in [5.74, 6) is -0.120. The van der Waals surface area contributed by atoms with Crippen molar-refractivity contribution < 1.29 is 17.9 Å². The predicted octanol–water partition coefficient (Wildman–Crippen LogP) is 0.483. The molecule has 1 aliphatic rings. The molecule has 1 heterocycles. The van der Waals surface area contributed by atoms with Gasteiger partial charge < -0.3 is 15.8 Å². The van der Waals surface area contributed by atoms with E-state index < -0.39 is 10.0 Å². The molecule has 0 radical (unpaired) electrons. The van der Waals surface area contributed by atoms with Crippen LogP contribution in [-0.4, -0.2) is 51.0 Å². The van der Waals surface area contributed by atoms with Gasteiger partial charge in [-0.15, -0.1) is 12.4 Å². The van der Waals surface area contributed by atoms with E-state index in [1.54, 1.807) is 31.2 Å². The van der Waals surface area contributed by atoms with Crippen LogP contribution in [0.5, 0.6) is 0 Å². The Kier molecular flexibility index (Phi) is 8.11. The number of sulfonamides is 1. The van der Waals surface area contributed by atoms with Gasteiger partial charge in [-0.3, -0.25) is 4.79 Å². The Hall–Kier alpha value is -1.19. The van der Waals surface area contributed by atoms with Crippen molar-refractivity contribution in [2.45, 2.75) is 30.8 Å². The second kappa shape index (κ2) is 9.33. The third-order valence-corrected chi connectivity index (χ3v) is 5.44. The largest absolute Gasteiger partial charge is 0.379 e. The highest BCUT2D eigenvalue weighted by atomic mass is 35.5. The molecule has 9 heteroatoms. The number of nitrogens with zero attached hydrogens (tertiary/aromatic N) is 1. The summed E-state index contributed by atoms with van der Waals surface area (Å²) in [5.41, 5.74) is 6.40. The molecule has 2 rings (SSSR count). The van der Waals surface area contributed by atoms with E-state index in [1.165, 1.54) is 4.31 Å². The Labute approximate surface area is 149 Å². The molecule has 1 unspecified atom stereocenters.